The molecule has 0 radical (unpaired) electrons. The first kappa shape index (κ1) is 17.5. The summed E-state index contributed by atoms with van der Waals surface area (Å²) in [6, 6.07) is 13.3. The van der Waals surface area contributed by atoms with Gasteiger partial charge in [-0.1, -0.05) is 35.9 Å². The number of halogens is 1. The molecule has 0 spiro atoms. The number of aromatic nitrogens is 1. The number of rotatable bonds is 5. The van der Waals surface area contributed by atoms with Gasteiger partial charge in [-0.2, -0.15) is 0 Å². The van der Waals surface area contributed by atoms with Gasteiger partial charge in [-0.05, 0) is 49.5 Å². The van der Waals surface area contributed by atoms with Gasteiger partial charge in [-0.3, -0.25) is 4.79 Å². The zero-order valence-corrected chi connectivity index (χ0v) is 14.7. The fourth-order valence-corrected chi connectivity index (χ4v) is 3.14. The van der Waals surface area contributed by atoms with Crippen molar-refractivity contribution in [1.82, 2.24) is 10.3 Å². The molecular formula is C20H21ClN2O2. The fourth-order valence-electron chi connectivity index (χ4n) is 2.94. The lowest BCUT2D eigenvalue weighted by molar-refractivity contribution is -0.117. The molecular weight excluding hydrogens is 336 g/mol. The summed E-state index contributed by atoms with van der Waals surface area (Å²) in [4.78, 5) is 16.3. The van der Waals surface area contributed by atoms with E-state index in [9.17, 15) is 4.79 Å². The summed E-state index contributed by atoms with van der Waals surface area (Å²) in [5.41, 5.74) is 0.840. The van der Waals surface area contributed by atoms with Crippen LogP contribution in [0.25, 0.3) is 6.08 Å². The average Bonchev–Trinajstić information content (AvgIpc) is 2.64. The molecule has 0 saturated heterocycles. The van der Waals surface area contributed by atoms with Crippen LogP contribution in [0.1, 0.15) is 31.2 Å². The van der Waals surface area contributed by atoms with Gasteiger partial charge >= 0.3 is 0 Å². The highest BCUT2D eigenvalue weighted by atomic mass is 35.5. The van der Waals surface area contributed by atoms with Gasteiger partial charge < -0.3 is 10.1 Å². The average molecular weight is 357 g/mol. The molecule has 1 aromatic carbocycles. The Morgan fingerprint density at radius 1 is 1.12 bits per heavy atom. The van der Waals surface area contributed by atoms with E-state index in [2.05, 4.69) is 10.3 Å². The van der Waals surface area contributed by atoms with Crippen molar-refractivity contribution in [2.75, 3.05) is 0 Å². The Labute approximate surface area is 152 Å². The van der Waals surface area contributed by atoms with Crippen molar-refractivity contribution in [3.8, 4) is 5.88 Å². The minimum atomic E-state index is -0.0889. The summed E-state index contributed by atoms with van der Waals surface area (Å²) in [5, 5.41) is 3.69. The number of hydrogen-bond acceptors (Lipinski definition) is 3. The lowest BCUT2D eigenvalue weighted by atomic mass is 9.93. The second-order valence-electron chi connectivity index (χ2n) is 6.12. The molecule has 0 atom stereocenters. The molecule has 1 aliphatic rings. The molecule has 2 aromatic rings. The van der Waals surface area contributed by atoms with E-state index in [-0.39, 0.29) is 18.1 Å². The van der Waals surface area contributed by atoms with E-state index in [1.165, 1.54) is 6.08 Å². The molecule has 4 nitrogen and oxygen atoms in total. The molecule has 1 fully saturated rings. The van der Waals surface area contributed by atoms with Crippen molar-refractivity contribution in [1.29, 1.82) is 0 Å². The van der Waals surface area contributed by atoms with E-state index >= 15 is 0 Å². The van der Waals surface area contributed by atoms with Crippen LogP contribution in [0.3, 0.4) is 0 Å². The number of pyridine rings is 1. The molecule has 130 valence electrons. The molecule has 1 amide bonds. The summed E-state index contributed by atoms with van der Waals surface area (Å²) >= 11 is 6.08. The van der Waals surface area contributed by atoms with Crippen LogP contribution in [-0.2, 0) is 4.79 Å². The van der Waals surface area contributed by atoms with Gasteiger partial charge in [0.15, 0.2) is 0 Å². The Morgan fingerprint density at radius 2 is 1.88 bits per heavy atom. The van der Waals surface area contributed by atoms with E-state index < -0.39 is 0 Å². The Kier molecular flexibility index (Phi) is 6.07. The maximum absolute atomic E-state index is 12.1. The molecule has 1 aromatic heterocycles. The highest BCUT2D eigenvalue weighted by Crippen LogP contribution is 2.23. The van der Waals surface area contributed by atoms with Crippen LogP contribution in [0.15, 0.2) is 54.7 Å². The van der Waals surface area contributed by atoms with E-state index in [1.807, 2.05) is 42.5 Å². The second kappa shape index (κ2) is 8.67. The standard InChI is InChI=1S/C20H21ClN2O2/c21-18-6-2-1-5-15(18)8-13-19(24)23-16-9-11-17(12-10-16)25-20-7-3-4-14-22-20/h1-8,13-14,16-17H,9-12H2,(H,23,24)/b13-8+. The summed E-state index contributed by atoms with van der Waals surface area (Å²) < 4.78 is 5.87. The van der Waals surface area contributed by atoms with Crippen LogP contribution >= 0.6 is 11.6 Å². The Morgan fingerprint density at radius 3 is 2.60 bits per heavy atom. The highest BCUT2D eigenvalue weighted by molar-refractivity contribution is 6.32. The van der Waals surface area contributed by atoms with Crippen LogP contribution in [0, 0.1) is 0 Å². The maximum atomic E-state index is 12.1. The minimum Gasteiger partial charge on any atom is -0.474 e. The Bertz CT molecular complexity index is 725. The Balaban J connectivity index is 1.44. The molecule has 1 heterocycles. The van der Waals surface area contributed by atoms with Crippen molar-refractivity contribution >= 4 is 23.6 Å². The van der Waals surface area contributed by atoms with Crippen LogP contribution < -0.4 is 10.1 Å². The quantitative estimate of drug-likeness (QED) is 0.814. The van der Waals surface area contributed by atoms with Gasteiger partial charge in [0.1, 0.15) is 6.10 Å². The normalized spacial score (nSPS) is 20.4. The summed E-state index contributed by atoms with van der Waals surface area (Å²) in [7, 11) is 0. The minimum absolute atomic E-state index is 0.0889. The van der Waals surface area contributed by atoms with Crippen molar-refractivity contribution in [3.05, 3.63) is 65.3 Å². The third kappa shape index (κ3) is 5.33. The third-order valence-corrected chi connectivity index (χ3v) is 4.61. The van der Waals surface area contributed by atoms with Crippen molar-refractivity contribution in [2.24, 2.45) is 0 Å². The van der Waals surface area contributed by atoms with Gasteiger partial charge in [0.05, 0.1) is 0 Å². The number of amides is 1. The van der Waals surface area contributed by atoms with Crippen LogP contribution in [0.5, 0.6) is 5.88 Å². The van der Waals surface area contributed by atoms with Gasteiger partial charge in [-0.15, -0.1) is 0 Å². The van der Waals surface area contributed by atoms with Gasteiger partial charge in [0.2, 0.25) is 11.8 Å². The number of nitrogens with zero attached hydrogens (tertiary/aromatic N) is 1. The number of nitrogens with one attached hydrogen (secondary N) is 1. The smallest absolute Gasteiger partial charge is 0.244 e. The fraction of sp³-hybridized carbons (Fsp3) is 0.300. The van der Waals surface area contributed by atoms with Crippen LogP contribution in [-0.4, -0.2) is 23.0 Å². The predicted molar refractivity (Wildman–Crippen MR) is 99.5 cm³/mol. The van der Waals surface area contributed by atoms with Crippen LogP contribution in [0.4, 0.5) is 0 Å². The molecule has 0 bridgehead atoms. The highest BCUT2D eigenvalue weighted by Gasteiger charge is 2.23. The molecule has 0 aliphatic heterocycles. The summed E-state index contributed by atoms with van der Waals surface area (Å²) in [6.07, 6.45) is 8.82. The number of hydrogen-bond donors (Lipinski definition) is 1. The molecule has 5 heteroatoms. The van der Waals surface area contributed by atoms with Crippen LogP contribution in [0.2, 0.25) is 5.02 Å². The second-order valence-corrected chi connectivity index (χ2v) is 6.53. The largest absolute Gasteiger partial charge is 0.474 e. The van der Waals surface area contributed by atoms with E-state index in [4.69, 9.17) is 16.3 Å². The first-order chi connectivity index (χ1) is 12.2. The molecule has 0 unspecified atom stereocenters. The lowest BCUT2D eigenvalue weighted by Gasteiger charge is -2.28. The zero-order valence-electron chi connectivity index (χ0n) is 13.9. The van der Waals surface area contributed by atoms with E-state index in [0.717, 1.165) is 31.2 Å². The van der Waals surface area contributed by atoms with Crippen molar-refractivity contribution < 1.29 is 9.53 Å². The SMILES string of the molecule is O=C(/C=C/c1ccccc1Cl)NC1CCC(Oc2ccccn2)CC1. The zero-order chi connectivity index (χ0) is 17.5. The summed E-state index contributed by atoms with van der Waals surface area (Å²) in [5.74, 6) is 0.576. The molecule has 1 aliphatic carbocycles. The topological polar surface area (TPSA) is 51.2 Å². The number of carbonyl (C=O) groups is 1. The predicted octanol–water partition coefficient (Wildman–Crippen LogP) is 4.25. The van der Waals surface area contributed by atoms with Gasteiger partial charge in [0, 0.05) is 29.4 Å². The summed E-state index contributed by atoms with van der Waals surface area (Å²) in [6.45, 7) is 0. The lowest BCUT2D eigenvalue weighted by Crippen LogP contribution is -2.39. The number of ether oxygens (including phenoxy) is 1. The third-order valence-electron chi connectivity index (χ3n) is 4.27. The maximum Gasteiger partial charge on any atom is 0.244 e. The molecule has 25 heavy (non-hydrogen) atoms. The first-order valence-corrected chi connectivity index (χ1v) is 8.89. The van der Waals surface area contributed by atoms with Gasteiger partial charge in [-0.25, -0.2) is 4.98 Å². The van der Waals surface area contributed by atoms with E-state index in [1.54, 1.807) is 12.3 Å². The van der Waals surface area contributed by atoms with Gasteiger partial charge in [0.25, 0.3) is 0 Å². The van der Waals surface area contributed by atoms with Crippen molar-refractivity contribution in [2.45, 2.75) is 37.8 Å². The number of benzene rings is 1. The molecule has 1 N–H and O–H groups in total. The first-order valence-electron chi connectivity index (χ1n) is 8.51. The van der Waals surface area contributed by atoms with E-state index in [0.29, 0.717) is 10.9 Å². The molecule has 1 saturated carbocycles. The van der Waals surface area contributed by atoms with Crippen molar-refractivity contribution in [3.63, 3.8) is 0 Å². The number of carbonyl (C=O) groups excluding carboxylic acids is 1. The Hall–Kier alpha value is -2.33. The molecule has 3 rings (SSSR count). The monoisotopic (exact) mass is 356 g/mol.